The summed E-state index contributed by atoms with van der Waals surface area (Å²) in [5, 5.41) is 0. The summed E-state index contributed by atoms with van der Waals surface area (Å²) in [7, 11) is 2.04. The second-order valence-electron chi connectivity index (χ2n) is 4.33. The summed E-state index contributed by atoms with van der Waals surface area (Å²) >= 11 is 0. The van der Waals surface area contributed by atoms with Crippen molar-refractivity contribution in [2.24, 2.45) is 0 Å². The lowest BCUT2D eigenvalue weighted by Gasteiger charge is -2.53. The Bertz CT molecular complexity index is 207. The Kier molecular flexibility index (Phi) is 2.72. The highest BCUT2D eigenvalue weighted by Gasteiger charge is 2.46. The van der Waals surface area contributed by atoms with E-state index in [0.717, 1.165) is 19.7 Å². The minimum atomic E-state index is -2.23. The second kappa shape index (κ2) is 3.72. The van der Waals surface area contributed by atoms with Crippen LogP contribution in [-0.2, 0) is 4.74 Å². The molecular weight excluding hydrogens is 190 g/mol. The average Bonchev–Trinajstić information content (AvgIpc) is 2.00. The number of alkyl halides is 2. The first-order chi connectivity index (χ1) is 6.60. The van der Waals surface area contributed by atoms with E-state index >= 15 is 0 Å². The van der Waals surface area contributed by atoms with E-state index < -0.39 is 6.43 Å². The molecule has 2 fully saturated rings. The lowest BCUT2D eigenvalue weighted by Crippen LogP contribution is -2.70. The van der Waals surface area contributed by atoms with Crippen LogP contribution in [0.5, 0.6) is 0 Å². The molecule has 0 atom stereocenters. The van der Waals surface area contributed by atoms with Crippen molar-refractivity contribution >= 4 is 0 Å². The van der Waals surface area contributed by atoms with Crippen LogP contribution in [0.4, 0.5) is 8.78 Å². The van der Waals surface area contributed by atoms with Gasteiger partial charge >= 0.3 is 0 Å². The van der Waals surface area contributed by atoms with Crippen molar-refractivity contribution in [1.29, 1.82) is 0 Å². The first-order valence-electron chi connectivity index (χ1n) is 4.93. The summed E-state index contributed by atoms with van der Waals surface area (Å²) < 4.78 is 29.7. The first-order valence-corrected chi connectivity index (χ1v) is 4.93. The van der Waals surface area contributed by atoms with E-state index in [1.54, 1.807) is 4.90 Å². The second-order valence-corrected chi connectivity index (χ2v) is 4.33. The molecule has 0 aromatic heterocycles. The van der Waals surface area contributed by atoms with Crippen LogP contribution in [-0.4, -0.2) is 68.2 Å². The van der Waals surface area contributed by atoms with E-state index in [4.69, 9.17) is 4.74 Å². The number of hydrogen-bond acceptors (Lipinski definition) is 3. The van der Waals surface area contributed by atoms with Gasteiger partial charge in [0.05, 0.1) is 13.2 Å². The number of nitrogens with zero attached hydrogens (tertiary/aromatic N) is 2. The van der Waals surface area contributed by atoms with Crippen LogP contribution in [0.3, 0.4) is 0 Å². The molecule has 0 N–H and O–H groups in total. The van der Waals surface area contributed by atoms with Crippen LogP contribution in [0.1, 0.15) is 0 Å². The van der Waals surface area contributed by atoms with Gasteiger partial charge in [-0.05, 0) is 7.05 Å². The number of hydrogen-bond donors (Lipinski definition) is 0. The van der Waals surface area contributed by atoms with Crippen LogP contribution >= 0.6 is 0 Å². The fourth-order valence-electron chi connectivity index (χ4n) is 2.32. The van der Waals surface area contributed by atoms with Gasteiger partial charge < -0.3 is 9.64 Å². The van der Waals surface area contributed by atoms with E-state index in [0.29, 0.717) is 13.1 Å². The Labute approximate surface area is 82.6 Å². The minimum absolute atomic E-state index is 0.116. The third kappa shape index (κ3) is 2.04. The Morgan fingerprint density at radius 3 is 2.64 bits per heavy atom. The molecule has 2 heterocycles. The molecule has 0 aromatic rings. The molecule has 0 radical (unpaired) electrons. The zero-order valence-electron chi connectivity index (χ0n) is 8.38. The van der Waals surface area contributed by atoms with Gasteiger partial charge in [0.1, 0.15) is 5.60 Å². The number of morpholine rings is 1. The predicted molar refractivity (Wildman–Crippen MR) is 48.6 cm³/mol. The highest BCUT2D eigenvalue weighted by Crippen LogP contribution is 2.28. The molecule has 2 saturated heterocycles. The standard InChI is InChI=1S/C9H16F2N2O/c1-12-2-3-14-9(5-12)6-13(7-9)4-8(10)11/h8H,2-7H2,1H3. The fraction of sp³-hybridized carbons (Fsp3) is 1.00. The number of halogens is 2. The zero-order valence-corrected chi connectivity index (χ0v) is 8.38. The van der Waals surface area contributed by atoms with Crippen molar-refractivity contribution in [3.05, 3.63) is 0 Å². The third-order valence-electron chi connectivity index (χ3n) is 2.86. The van der Waals surface area contributed by atoms with Crippen molar-refractivity contribution in [1.82, 2.24) is 9.80 Å². The first kappa shape index (κ1) is 10.3. The lowest BCUT2D eigenvalue weighted by molar-refractivity contribution is -0.185. The van der Waals surface area contributed by atoms with Gasteiger partial charge in [0, 0.05) is 26.2 Å². The van der Waals surface area contributed by atoms with Gasteiger partial charge in [-0.2, -0.15) is 0 Å². The molecule has 14 heavy (non-hydrogen) atoms. The largest absolute Gasteiger partial charge is 0.370 e. The van der Waals surface area contributed by atoms with Crippen molar-refractivity contribution in [3.8, 4) is 0 Å². The third-order valence-corrected chi connectivity index (χ3v) is 2.86. The van der Waals surface area contributed by atoms with E-state index in [1.807, 2.05) is 7.05 Å². The highest BCUT2D eigenvalue weighted by atomic mass is 19.3. The van der Waals surface area contributed by atoms with Crippen LogP contribution in [0, 0.1) is 0 Å². The number of ether oxygens (including phenoxy) is 1. The maximum absolute atomic E-state index is 12.0. The van der Waals surface area contributed by atoms with Crippen molar-refractivity contribution in [2.45, 2.75) is 12.0 Å². The summed E-state index contributed by atoms with van der Waals surface area (Å²) in [5.41, 5.74) is -0.151. The maximum Gasteiger partial charge on any atom is 0.251 e. The van der Waals surface area contributed by atoms with Gasteiger partial charge in [-0.25, -0.2) is 8.78 Å². The SMILES string of the molecule is CN1CCOC2(C1)CN(CC(F)F)C2. The number of likely N-dealkylation sites (N-methyl/N-ethyl adjacent to an activating group) is 1. The molecule has 0 unspecified atom stereocenters. The Hall–Kier alpha value is -0.260. The Balaban J connectivity index is 1.79. The lowest BCUT2D eigenvalue weighted by atomic mass is 9.92. The number of likely N-dealkylation sites (tertiary alicyclic amines) is 1. The van der Waals surface area contributed by atoms with E-state index in [-0.39, 0.29) is 12.1 Å². The summed E-state index contributed by atoms with van der Waals surface area (Å²) in [5.74, 6) is 0. The normalized spacial score (nSPS) is 28.3. The van der Waals surface area contributed by atoms with Gasteiger partial charge in [0.15, 0.2) is 0 Å². The summed E-state index contributed by atoms with van der Waals surface area (Å²) in [6, 6.07) is 0. The van der Waals surface area contributed by atoms with Crippen LogP contribution in [0.2, 0.25) is 0 Å². The van der Waals surface area contributed by atoms with Gasteiger partial charge in [0.25, 0.3) is 6.43 Å². The van der Waals surface area contributed by atoms with Crippen molar-refractivity contribution in [2.75, 3.05) is 46.4 Å². The molecule has 0 amide bonds. The molecule has 0 saturated carbocycles. The summed E-state index contributed by atoms with van der Waals surface area (Å²) in [6.07, 6.45) is -2.23. The average molecular weight is 206 g/mol. The van der Waals surface area contributed by atoms with Gasteiger partial charge in [-0.1, -0.05) is 0 Å². The van der Waals surface area contributed by atoms with Crippen LogP contribution < -0.4 is 0 Å². The molecule has 1 spiro atoms. The van der Waals surface area contributed by atoms with E-state index in [9.17, 15) is 8.78 Å². The van der Waals surface area contributed by atoms with Gasteiger partial charge in [-0.3, -0.25) is 4.90 Å². The molecule has 0 aliphatic carbocycles. The molecule has 0 aromatic carbocycles. The molecule has 2 aliphatic heterocycles. The molecule has 3 nitrogen and oxygen atoms in total. The van der Waals surface area contributed by atoms with Gasteiger partial charge in [-0.15, -0.1) is 0 Å². The summed E-state index contributed by atoms with van der Waals surface area (Å²) in [6.45, 7) is 3.72. The predicted octanol–water partition coefficient (Wildman–Crippen LogP) is 0.268. The smallest absolute Gasteiger partial charge is 0.251 e. The van der Waals surface area contributed by atoms with Crippen molar-refractivity contribution in [3.63, 3.8) is 0 Å². The highest BCUT2D eigenvalue weighted by molar-refractivity contribution is 5.00. The van der Waals surface area contributed by atoms with E-state index in [2.05, 4.69) is 4.90 Å². The summed E-state index contributed by atoms with van der Waals surface area (Å²) in [4.78, 5) is 3.95. The quantitative estimate of drug-likeness (QED) is 0.645. The monoisotopic (exact) mass is 206 g/mol. The van der Waals surface area contributed by atoms with Crippen LogP contribution in [0.15, 0.2) is 0 Å². The Morgan fingerprint density at radius 1 is 1.36 bits per heavy atom. The topological polar surface area (TPSA) is 15.7 Å². The maximum atomic E-state index is 12.0. The molecule has 5 heteroatoms. The molecule has 0 bridgehead atoms. The van der Waals surface area contributed by atoms with Crippen LogP contribution in [0.25, 0.3) is 0 Å². The number of rotatable bonds is 2. The molecular formula is C9H16F2N2O. The fourth-order valence-corrected chi connectivity index (χ4v) is 2.32. The minimum Gasteiger partial charge on any atom is -0.370 e. The molecule has 2 rings (SSSR count). The van der Waals surface area contributed by atoms with Crippen molar-refractivity contribution < 1.29 is 13.5 Å². The zero-order chi connectivity index (χ0) is 10.2. The van der Waals surface area contributed by atoms with Gasteiger partial charge in [0.2, 0.25) is 0 Å². The van der Waals surface area contributed by atoms with E-state index in [1.165, 1.54) is 0 Å². The molecule has 82 valence electrons. The Morgan fingerprint density at radius 2 is 2.07 bits per heavy atom. The molecule has 2 aliphatic rings.